The number of H-pyrrole nitrogens is 2. The first-order chi connectivity index (χ1) is 12.0. The number of rotatable bonds is 3. The molecule has 3 N–H and O–H groups in total. The molecule has 2 aromatic heterocycles. The fourth-order valence-corrected chi connectivity index (χ4v) is 3.18. The average Bonchev–Trinajstić information content (AvgIpc) is 3.09. The number of aromatic amines is 2. The number of nitro groups is 1. The topological polar surface area (TPSA) is 124 Å². The lowest BCUT2D eigenvalue weighted by Gasteiger charge is -2.01. The molecule has 0 saturated heterocycles. The minimum absolute atomic E-state index is 0.0653. The molecule has 0 fully saturated rings. The third kappa shape index (κ3) is 2.08. The monoisotopic (exact) mass is 336 g/mol. The summed E-state index contributed by atoms with van der Waals surface area (Å²) in [6, 6.07) is 10.1. The maximum Gasteiger partial charge on any atom is 0.273 e. The Hall–Kier alpha value is -3.68. The van der Waals surface area contributed by atoms with E-state index in [0.717, 1.165) is 0 Å². The normalized spacial score (nSPS) is 11.2. The van der Waals surface area contributed by atoms with Gasteiger partial charge in [0.15, 0.2) is 5.88 Å². The van der Waals surface area contributed by atoms with Crippen LogP contribution in [0.1, 0.15) is 5.56 Å². The van der Waals surface area contributed by atoms with Gasteiger partial charge < -0.3 is 15.1 Å². The molecule has 0 atom stereocenters. The van der Waals surface area contributed by atoms with Crippen molar-refractivity contribution >= 4 is 33.2 Å². The second-order valence-electron chi connectivity index (χ2n) is 5.78. The standard InChI is InChI=1S/C17H12N4O4/c1-8-6-12-10(7-13(8)21(24)25)14(17(22)19-12)16-15(20-23)9-4-2-3-5-11(9)18-16/h2-7,18-19,22H,1H3. The van der Waals surface area contributed by atoms with Crippen molar-refractivity contribution in [1.29, 1.82) is 0 Å². The van der Waals surface area contributed by atoms with E-state index < -0.39 is 4.92 Å². The smallest absolute Gasteiger partial charge is 0.273 e. The molecule has 0 aliphatic rings. The Morgan fingerprint density at radius 3 is 2.60 bits per heavy atom. The number of aryl methyl sites for hydroxylation is 1. The van der Waals surface area contributed by atoms with Gasteiger partial charge in [-0.05, 0) is 24.2 Å². The number of aromatic nitrogens is 2. The highest BCUT2D eigenvalue weighted by Gasteiger charge is 2.23. The fraction of sp³-hybridized carbons (Fsp3) is 0.0588. The van der Waals surface area contributed by atoms with E-state index in [-0.39, 0.29) is 22.8 Å². The Labute approximate surface area is 140 Å². The lowest BCUT2D eigenvalue weighted by molar-refractivity contribution is -0.385. The van der Waals surface area contributed by atoms with Gasteiger partial charge in [-0.25, -0.2) is 0 Å². The highest BCUT2D eigenvalue weighted by atomic mass is 16.6. The van der Waals surface area contributed by atoms with Gasteiger partial charge in [0.05, 0.1) is 16.2 Å². The van der Waals surface area contributed by atoms with Crippen LogP contribution in [0.5, 0.6) is 5.88 Å². The molecule has 0 aliphatic carbocycles. The molecule has 0 aliphatic heterocycles. The number of fused-ring (bicyclic) bond motifs is 2. The number of nitrogens with one attached hydrogen (secondary N) is 2. The first kappa shape index (κ1) is 14.9. The first-order valence-electron chi connectivity index (χ1n) is 7.45. The molecule has 0 spiro atoms. The average molecular weight is 336 g/mol. The second-order valence-corrected chi connectivity index (χ2v) is 5.78. The molecule has 2 aromatic carbocycles. The van der Waals surface area contributed by atoms with Crippen molar-refractivity contribution in [3.05, 3.63) is 57.0 Å². The van der Waals surface area contributed by atoms with Gasteiger partial charge in [0, 0.05) is 33.4 Å². The molecule has 0 amide bonds. The van der Waals surface area contributed by atoms with E-state index in [0.29, 0.717) is 33.1 Å². The Kier molecular flexibility index (Phi) is 3.08. The van der Waals surface area contributed by atoms with E-state index in [1.54, 1.807) is 37.3 Å². The Bertz CT molecular complexity index is 1170. The quantitative estimate of drug-likeness (QED) is 0.286. The van der Waals surface area contributed by atoms with Crippen LogP contribution >= 0.6 is 0 Å². The van der Waals surface area contributed by atoms with E-state index in [2.05, 4.69) is 15.1 Å². The number of para-hydroxylation sites is 1. The molecule has 8 heteroatoms. The summed E-state index contributed by atoms with van der Waals surface area (Å²) in [4.78, 5) is 28.0. The highest BCUT2D eigenvalue weighted by Crippen LogP contribution is 2.45. The Morgan fingerprint density at radius 2 is 1.88 bits per heavy atom. The van der Waals surface area contributed by atoms with E-state index in [4.69, 9.17) is 0 Å². The van der Waals surface area contributed by atoms with Crippen LogP contribution < -0.4 is 0 Å². The summed E-state index contributed by atoms with van der Waals surface area (Å²) in [6.07, 6.45) is 0. The molecule has 0 bridgehead atoms. The Morgan fingerprint density at radius 1 is 1.12 bits per heavy atom. The van der Waals surface area contributed by atoms with Crippen molar-refractivity contribution in [3.8, 4) is 17.1 Å². The van der Waals surface area contributed by atoms with Crippen LogP contribution in [0.25, 0.3) is 33.1 Å². The molecule has 0 saturated carbocycles. The van der Waals surface area contributed by atoms with Crippen molar-refractivity contribution in [2.45, 2.75) is 6.92 Å². The van der Waals surface area contributed by atoms with Crippen LogP contribution in [0.3, 0.4) is 0 Å². The van der Waals surface area contributed by atoms with Crippen LogP contribution in [0.4, 0.5) is 11.4 Å². The van der Waals surface area contributed by atoms with E-state index >= 15 is 0 Å². The highest BCUT2D eigenvalue weighted by molar-refractivity contribution is 6.07. The van der Waals surface area contributed by atoms with Gasteiger partial charge in [-0.15, -0.1) is 4.91 Å². The zero-order valence-corrected chi connectivity index (χ0v) is 13.0. The van der Waals surface area contributed by atoms with Gasteiger partial charge >= 0.3 is 0 Å². The van der Waals surface area contributed by atoms with Gasteiger partial charge in [-0.2, -0.15) is 0 Å². The molecule has 25 heavy (non-hydrogen) atoms. The molecular weight excluding hydrogens is 324 g/mol. The number of nitrogens with zero attached hydrogens (tertiary/aromatic N) is 2. The van der Waals surface area contributed by atoms with E-state index in [1.807, 2.05) is 0 Å². The fourth-order valence-electron chi connectivity index (χ4n) is 3.18. The SMILES string of the molecule is Cc1cc2[nH]c(O)c(-c3[nH]c4ccccc4c3N=O)c2cc1[N+](=O)[O-]. The third-order valence-corrected chi connectivity index (χ3v) is 4.31. The predicted molar refractivity (Wildman–Crippen MR) is 94.1 cm³/mol. The van der Waals surface area contributed by atoms with Crippen LogP contribution in [0.15, 0.2) is 41.6 Å². The summed E-state index contributed by atoms with van der Waals surface area (Å²) >= 11 is 0. The summed E-state index contributed by atoms with van der Waals surface area (Å²) in [7, 11) is 0. The number of nitroso groups, excluding NO2 is 1. The zero-order valence-electron chi connectivity index (χ0n) is 13.0. The summed E-state index contributed by atoms with van der Waals surface area (Å²) in [6.45, 7) is 1.62. The second kappa shape index (κ2) is 5.17. The minimum atomic E-state index is -0.479. The predicted octanol–water partition coefficient (Wildman–Crippen LogP) is 4.64. The third-order valence-electron chi connectivity index (χ3n) is 4.31. The van der Waals surface area contributed by atoms with Crippen molar-refractivity contribution in [2.24, 2.45) is 5.18 Å². The molecule has 124 valence electrons. The van der Waals surface area contributed by atoms with Crippen molar-refractivity contribution in [3.63, 3.8) is 0 Å². The largest absolute Gasteiger partial charge is 0.494 e. The van der Waals surface area contributed by atoms with Gasteiger partial charge in [-0.3, -0.25) is 10.1 Å². The number of aromatic hydroxyl groups is 1. The lowest BCUT2D eigenvalue weighted by Crippen LogP contribution is -1.91. The van der Waals surface area contributed by atoms with E-state index in [9.17, 15) is 20.1 Å². The number of hydrogen-bond acceptors (Lipinski definition) is 5. The van der Waals surface area contributed by atoms with Gasteiger partial charge in [0.25, 0.3) is 5.69 Å². The zero-order chi connectivity index (χ0) is 17.7. The maximum absolute atomic E-state index is 11.4. The minimum Gasteiger partial charge on any atom is -0.494 e. The molecule has 8 nitrogen and oxygen atoms in total. The molecule has 0 unspecified atom stereocenters. The van der Waals surface area contributed by atoms with Crippen molar-refractivity contribution in [2.75, 3.05) is 0 Å². The van der Waals surface area contributed by atoms with Crippen LogP contribution in [0.2, 0.25) is 0 Å². The van der Waals surface area contributed by atoms with Crippen LogP contribution in [-0.4, -0.2) is 20.0 Å². The molecule has 4 aromatic rings. The summed E-state index contributed by atoms with van der Waals surface area (Å²) in [5.74, 6) is -0.189. The molecule has 4 rings (SSSR count). The van der Waals surface area contributed by atoms with E-state index in [1.165, 1.54) is 6.07 Å². The van der Waals surface area contributed by atoms with Gasteiger partial charge in [0.2, 0.25) is 0 Å². The number of hydrogen-bond donors (Lipinski definition) is 3. The van der Waals surface area contributed by atoms with Gasteiger partial charge in [-0.1, -0.05) is 18.2 Å². The number of nitro benzene ring substituents is 1. The van der Waals surface area contributed by atoms with Crippen molar-refractivity contribution < 1.29 is 10.0 Å². The summed E-state index contributed by atoms with van der Waals surface area (Å²) in [5, 5.41) is 25.8. The summed E-state index contributed by atoms with van der Waals surface area (Å²) in [5.41, 5.74) is 2.37. The van der Waals surface area contributed by atoms with Gasteiger partial charge in [0.1, 0.15) is 5.69 Å². The molecule has 2 heterocycles. The van der Waals surface area contributed by atoms with Crippen LogP contribution in [0, 0.1) is 21.9 Å². The summed E-state index contributed by atoms with van der Waals surface area (Å²) < 4.78 is 0. The number of benzene rings is 2. The lowest BCUT2D eigenvalue weighted by atomic mass is 10.1. The maximum atomic E-state index is 11.4. The molecular formula is C17H12N4O4. The van der Waals surface area contributed by atoms with Crippen molar-refractivity contribution in [1.82, 2.24) is 9.97 Å². The van der Waals surface area contributed by atoms with Crippen LogP contribution in [-0.2, 0) is 0 Å². The first-order valence-corrected chi connectivity index (χ1v) is 7.45. The molecule has 0 radical (unpaired) electrons. The Balaban J connectivity index is 2.11.